The lowest BCUT2D eigenvalue weighted by molar-refractivity contribution is -0.0281. The molecule has 2 heterocycles. The van der Waals surface area contributed by atoms with Gasteiger partial charge in [-0.3, -0.25) is 4.90 Å². The Morgan fingerprint density at radius 2 is 2.08 bits per heavy atom. The molecule has 1 atom stereocenters. The molecule has 24 heavy (non-hydrogen) atoms. The maximum absolute atomic E-state index is 5.78. The van der Waals surface area contributed by atoms with Crippen LogP contribution in [0.2, 0.25) is 0 Å². The standard InChI is InChI=1S/C16H22N6O2/c17-19-15-6-7-16(20-22(15)18)24-12-14-11-23-9-8-21(14)10-13-4-2-1-3-5-13/h1-7,14H,8-12,17-18H2/b19-15-. The van der Waals surface area contributed by atoms with Gasteiger partial charge in [0.2, 0.25) is 5.88 Å². The summed E-state index contributed by atoms with van der Waals surface area (Å²) in [7, 11) is 0. The third kappa shape index (κ3) is 4.03. The first-order valence-electron chi connectivity index (χ1n) is 7.84. The lowest BCUT2D eigenvalue weighted by Gasteiger charge is -2.35. The smallest absolute Gasteiger partial charge is 0.233 e. The van der Waals surface area contributed by atoms with Gasteiger partial charge in [-0.05, 0) is 11.6 Å². The molecule has 0 spiro atoms. The number of ether oxygens (including phenoxy) is 2. The highest BCUT2D eigenvalue weighted by Gasteiger charge is 2.24. The molecular weight excluding hydrogens is 308 g/mol. The molecular formula is C16H22N6O2. The zero-order valence-electron chi connectivity index (χ0n) is 13.4. The molecule has 2 aromatic rings. The summed E-state index contributed by atoms with van der Waals surface area (Å²) in [5.74, 6) is 11.3. The molecule has 0 bridgehead atoms. The summed E-state index contributed by atoms with van der Waals surface area (Å²) < 4.78 is 11.4. The molecule has 4 N–H and O–H groups in total. The van der Waals surface area contributed by atoms with Crippen molar-refractivity contribution in [3.63, 3.8) is 0 Å². The van der Waals surface area contributed by atoms with Crippen molar-refractivity contribution in [1.82, 2.24) is 14.8 Å². The maximum atomic E-state index is 5.78. The van der Waals surface area contributed by atoms with Crippen LogP contribution in [0.4, 0.5) is 0 Å². The van der Waals surface area contributed by atoms with E-state index in [1.807, 2.05) is 6.07 Å². The van der Waals surface area contributed by atoms with E-state index >= 15 is 0 Å². The van der Waals surface area contributed by atoms with E-state index < -0.39 is 0 Å². The Morgan fingerprint density at radius 1 is 1.25 bits per heavy atom. The van der Waals surface area contributed by atoms with Gasteiger partial charge in [-0.1, -0.05) is 30.3 Å². The summed E-state index contributed by atoms with van der Waals surface area (Å²) in [6.07, 6.45) is 0. The van der Waals surface area contributed by atoms with Crippen LogP contribution in [0, 0.1) is 0 Å². The highest BCUT2D eigenvalue weighted by Crippen LogP contribution is 2.13. The van der Waals surface area contributed by atoms with Crippen LogP contribution >= 0.6 is 0 Å². The SMILES string of the molecule is N/N=c1/ccc(OCC2COCCN2Cc2ccccc2)nn1N. The van der Waals surface area contributed by atoms with Crippen molar-refractivity contribution < 1.29 is 9.47 Å². The normalized spacial score (nSPS) is 19.3. The van der Waals surface area contributed by atoms with Gasteiger partial charge in [0.25, 0.3) is 0 Å². The molecule has 0 saturated carbocycles. The van der Waals surface area contributed by atoms with Crippen LogP contribution in [0.5, 0.6) is 5.88 Å². The Morgan fingerprint density at radius 3 is 2.83 bits per heavy atom. The van der Waals surface area contributed by atoms with Crippen molar-refractivity contribution in [2.24, 2.45) is 10.9 Å². The van der Waals surface area contributed by atoms with Gasteiger partial charge in [0.15, 0.2) is 5.49 Å². The Hall–Kier alpha value is -2.58. The van der Waals surface area contributed by atoms with Crippen LogP contribution in [0.1, 0.15) is 5.56 Å². The first kappa shape index (κ1) is 16.3. The van der Waals surface area contributed by atoms with Crippen molar-refractivity contribution >= 4 is 0 Å². The van der Waals surface area contributed by atoms with E-state index in [0.717, 1.165) is 24.5 Å². The largest absolute Gasteiger partial charge is 0.475 e. The van der Waals surface area contributed by atoms with Crippen LogP contribution in [-0.4, -0.2) is 47.2 Å². The average molecular weight is 330 g/mol. The number of hydrogen-bond acceptors (Lipinski definition) is 7. The second kappa shape index (κ2) is 7.80. The fourth-order valence-corrected chi connectivity index (χ4v) is 2.64. The Bertz CT molecular complexity index is 718. The van der Waals surface area contributed by atoms with Gasteiger partial charge in [0.1, 0.15) is 6.61 Å². The molecule has 1 aliphatic heterocycles. The topological polar surface area (TPSA) is 104 Å². The third-order valence-electron chi connectivity index (χ3n) is 3.95. The van der Waals surface area contributed by atoms with Gasteiger partial charge in [0.05, 0.1) is 19.3 Å². The number of hydrogen-bond donors (Lipinski definition) is 2. The van der Waals surface area contributed by atoms with Crippen LogP contribution < -0.4 is 21.9 Å². The zero-order valence-corrected chi connectivity index (χ0v) is 13.4. The van der Waals surface area contributed by atoms with E-state index in [4.69, 9.17) is 21.2 Å². The molecule has 0 radical (unpaired) electrons. The van der Waals surface area contributed by atoms with Crippen LogP contribution in [0.25, 0.3) is 0 Å². The molecule has 1 unspecified atom stereocenters. The molecule has 1 aromatic heterocycles. The quantitative estimate of drug-likeness (QED) is 0.574. The predicted octanol–water partition coefficient (Wildman–Crippen LogP) is -0.349. The molecule has 1 fully saturated rings. The van der Waals surface area contributed by atoms with Crippen molar-refractivity contribution in [2.75, 3.05) is 32.2 Å². The van der Waals surface area contributed by atoms with Crippen molar-refractivity contribution in [2.45, 2.75) is 12.6 Å². The number of benzene rings is 1. The highest BCUT2D eigenvalue weighted by molar-refractivity contribution is 5.14. The molecule has 8 nitrogen and oxygen atoms in total. The zero-order chi connectivity index (χ0) is 16.8. The van der Waals surface area contributed by atoms with Crippen molar-refractivity contribution in [3.8, 4) is 5.88 Å². The molecule has 1 aliphatic rings. The minimum Gasteiger partial charge on any atom is -0.475 e. The number of nitrogens with zero attached hydrogens (tertiary/aromatic N) is 4. The number of nitrogens with two attached hydrogens (primary N) is 2. The lowest BCUT2D eigenvalue weighted by Crippen LogP contribution is -2.48. The summed E-state index contributed by atoms with van der Waals surface area (Å²) in [6.45, 7) is 3.58. The Labute approximate surface area is 140 Å². The molecule has 0 amide bonds. The molecule has 128 valence electrons. The Balaban J connectivity index is 1.62. The number of morpholine rings is 1. The van der Waals surface area contributed by atoms with Gasteiger partial charge < -0.3 is 21.2 Å². The van der Waals surface area contributed by atoms with Gasteiger partial charge in [-0.25, -0.2) is 0 Å². The van der Waals surface area contributed by atoms with E-state index in [0.29, 0.717) is 24.6 Å². The third-order valence-corrected chi connectivity index (χ3v) is 3.95. The first-order chi connectivity index (χ1) is 11.8. The first-order valence-corrected chi connectivity index (χ1v) is 7.84. The van der Waals surface area contributed by atoms with E-state index in [2.05, 4.69) is 39.4 Å². The summed E-state index contributed by atoms with van der Waals surface area (Å²) in [6, 6.07) is 13.9. The summed E-state index contributed by atoms with van der Waals surface area (Å²) in [4.78, 5) is 3.45. The van der Waals surface area contributed by atoms with E-state index in [9.17, 15) is 0 Å². The lowest BCUT2D eigenvalue weighted by atomic mass is 10.1. The summed E-state index contributed by atoms with van der Waals surface area (Å²) >= 11 is 0. The van der Waals surface area contributed by atoms with E-state index in [1.54, 1.807) is 12.1 Å². The summed E-state index contributed by atoms with van der Waals surface area (Å²) in [5.41, 5.74) is 1.64. The fourth-order valence-electron chi connectivity index (χ4n) is 2.64. The Kier molecular flexibility index (Phi) is 5.29. The predicted molar refractivity (Wildman–Crippen MR) is 89.1 cm³/mol. The van der Waals surface area contributed by atoms with E-state index in [1.165, 1.54) is 5.56 Å². The molecule has 0 aliphatic carbocycles. The van der Waals surface area contributed by atoms with Crippen LogP contribution in [0.15, 0.2) is 47.6 Å². The van der Waals surface area contributed by atoms with Gasteiger partial charge in [-0.15, -0.1) is 5.10 Å². The fraction of sp³-hybridized carbons (Fsp3) is 0.375. The molecule has 1 saturated heterocycles. The molecule has 1 aromatic carbocycles. The monoisotopic (exact) mass is 330 g/mol. The molecule has 8 heteroatoms. The van der Waals surface area contributed by atoms with Crippen molar-refractivity contribution in [1.29, 1.82) is 0 Å². The van der Waals surface area contributed by atoms with Crippen LogP contribution in [0.3, 0.4) is 0 Å². The maximum Gasteiger partial charge on any atom is 0.233 e. The second-order valence-electron chi connectivity index (χ2n) is 5.60. The van der Waals surface area contributed by atoms with Gasteiger partial charge >= 0.3 is 0 Å². The number of nitrogen functional groups attached to an aromatic ring is 1. The van der Waals surface area contributed by atoms with Crippen molar-refractivity contribution in [3.05, 3.63) is 53.5 Å². The van der Waals surface area contributed by atoms with Crippen LogP contribution in [-0.2, 0) is 11.3 Å². The number of rotatable bonds is 5. The molecule has 3 rings (SSSR count). The van der Waals surface area contributed by atoms with E-state index in [-0.39, 0.29) is 6.04 Å². The average Bonchev–Trinajstić information content (AvgIpc) is 2.62. The second-order valence-corrected chi connectivity index (χ2v) is 5.60. The van der Waals surface area contributed by atoms with Gasteiger partial charge in [-0.2, -0.15) is 9.89 Å². The number of aromatic nitrogens is 2. The highest BCUT2D eigenvalue weighted by atomic mass is 16.5. The minimum atomic E-state index is 0.158. The van der Waals surface area contributed by atoms with Gasteiger partial charge in [0, 0.05) is 19.2 Å². The summed E-state index contributed by atoms with van der Waals surface area (Å²) in [5, 5.41) is 7.59. The minimum absolute atomic E-state index is 0.158.